The number of nitrogens with zero attached hydrogens (tertiary/aromatic N) is 2. The van der Waals surface area contributed by atoms with Crippen molar-refractivity contribution in [2.45, 2.75) is 33.6 Å². The Morgan fingerprint density at radius 3 is 2.47 bits per heavy atom. The normalized spacial score (nSPS) is 10.8. The van der Waals surface area contributed by atoms with E-state index in [1.807, 2.05) is 38.1 Å². The standard InChI is InChI=1S/C15H17BrN2O/c1-9(2)15-17-11(4)8-14(18-15)19-12-5-6-13(16)10(3)7-12/h5-9H,1-4H3. The molecule has 0 saturated carbocycles. The Labute approximate surface area is 122 Å². The van der Waals surface area contributed by atoms with E-state index in [1.54, 1.807) is 0 Å². The van der Waals surface area contributed by atoms with Crippen molar-refractivity contribution in [1.29, 1.82) is 0 Å². The fourth-order valence-corrected chi connectivity index (χ4v) is 1.92. The molecule has 2 rings (SSSR count). The lowest BCUT2D eigenvalue weighted by Gasteiger charge is -2.10. The average molecular weight is 321 g/mol. The molecule has 0 amide bonds. The van der Waals surface area contributed by atoms with Crippen LogP contribution < -0.4 is 4.74 Å². The summed E-state index contributed by atoms with van der Waals surface area (Å²) >= 11 is 3.48. The second-order valence-corrected chi connectivity index (χ2v) is 5.73. The van der Waals surface area contributed by atoms with Crippen LogP contribution >= 0.6 is 15.9 Å². The van der Waals surface area contributed by atoms with E-state index in [-0.39, 0.29) is 5.92 Å². The second kappa shape index (κ2) is 5.70. The highest BCUT2D eigenvalue weighted by molar-refractivity contribution is 9.10. The van der Waals surface area contributed by atoms with Crippen LogP contribution in [0.4, 0.5) is 0 Å². The zero-order valence-electron chi connectivity index (χ0n) is 11.6. The zero-order chi connectivity index (χ0) is 14.0. The van der Waals surface area contributed by atoms with Crippen molar-refractivity contribution in [3.8, 4) is 11.6 Å². The molecule has 0 saturated heterocycles. The first-order chi connectivity index (χ1) is 8.95. The number of aromatic nitrogens is 2. The number of halogens is 1. The van der Waals surface area contributed by atoms with Crippen molar-refractivity contribution in [2.75, 3.05) is 0 Å². The molecule has 0 fully saturated rings. The van der Waals surface area contributed by atoms with E-state index in [0.29, 0.717) is 5.88 Å². The highest BCUT2D eigenvalue weighted by atomic mass is 79.9. The number of rotatable bonds is 3. The molecular weight excluding hydrogens is 304 g/mol. The summed E-state index contributed by atoms with van der Waals surface area (Å²) in [5, 5.41) is 0. The zero-order valence-corrected chi connectivity index (χ0v) is 13.2. The predicted molar refractivity (Wildman–Crippen MR) is 79.8 cm³/mol. The number of hydrogen-bond acceptors (Lipinski definition) is 3. The lowest BCUT2D eigenvalue weighted by molar-refractivity contribution is 0.455. The van der Waals surface area contributed by atoms with Crippen LogP contribution in [0.2, 0.25) is 0 Å². The largest absolute Gasteiger partial charge is 0.439 e. The summed E-state index contributed by atoms with van der Waals surface area (Å²) in [6.07, 6.45) is 0. The fraction of sp³-hybridized carbons (Fsp3) is 0.333. The lowest BCUT2D eigenvalue weighted by atomic mass is 10.2. The highest BCUT2D eigenvalue weighted by Gasteiger charge is 2.08. The maximum Gasteiger partial charge on any atom is 0.222 e. The van der Waals surface area contributed by atoms with Gasteiger partial charge in [-0.15, -0.1) is 0 Å². The maximum absolute atomic E-state index is 5.81. The molecule has 1 heterocycles. The summed E-state index contributed by atoms with van der Waals surface area (Å²) in [4.78, 5) is 8.84. The number of aryl methyl sites for hydroxylation is 2. The van der Waals surface area contributed by atoms with Crippen LogP contribution in [0.1, 0.15) is 36.8 Å². The maximum atomic E-state index is 5.81. The molecule has 100 valence electrons. The number of benzene rings is 1. The molecule has 0 unspecified atom stereocenters. The molecule has 4 heteroatoms. The molecule has 0 aliphatic rings. The van der Waals surface area contributed by atoms with Gasteiger partial charge in [-0.25, -0.2) is 4.98 Å². The second-order valence-electron chi connectivity index (χ2n) is 4.87. The van der Waals surface area contributed by atoms with E-state index in [2.05, 4.69) is 39.7 Å². The van der Waals surface area contributed by atoms with Crippen LogP contribution in [-0.4, -0.2) is 9.97 Å². The molecule has 0 aliphatic heterocycles. The van der Waals surface area contributed by atoms with Crippen molar-refractivity contribution in [2.24, 2.45) is 0 Å². The van der Waals surface area contributed by atoms with Gasteiger partial charge in [0, 0.05) is 22.2 Å². The SMILES string of the molecule is Cc1cc(Oc2ccc(Br)c(C)c2)nc(C(C)C)n1. The lowest BCUT2D eigenvalue weighted by Crippen LogP contribution is -2.01. The summed E-state index contributed by atoms with van der Waals surface area (Å²) in [5.74, 6) is 2.48. The summed E-state index contributed by atoms with van der Waals surface area (Å²) in [6.45, 7) is 8.12. The van der Waals surface area contributed by atoms with Gasteiger partial charge >= 0.3 is 0 Å². The van der Waals surface area contributed by atoms with Gasteiger partial charge in [0.05, 0.1) is 0 Å². The summed E-state index contributed by atoms with van der Waals surface area (Å²) < 4.78 is 6.88. The van der Waals surface area contributed by atoms with E-state index in [9.17, 15) is 0 Å². The van der Waals surface area contributed by atoms with E-state index >= 15 is 0 Å². The van der Waals surface area contributed by atoms with E-state index in [4.69, 9.17) is 4.74 Å². The van der Waals surface area contributed by atoms with Gasteiger partial charge in [-0.05, 0) is 37.6 Å². The quantitative estimate of drug-likeness (QED) is 0.816. The summed E-state index contributed by atoms with van der Waals surface area (Å²) in [6, 6.07) is 7.73. The molecule has 0 aliphatic carbocycles. The molecular formula is C15H17BrN2O. The van der Waals surface area contributed by atoms with Gasteiger partial charge in [0.1, 0.15) is 11.6 Å². The van der Waals surface area contributed by atoms with Crippen molar-refractivity contribution >= 4 is 15.9 Å². The molecule has 3 nitrogen and oxygen atoms in total. The van der Waals surface area contributed by atoms with Gasteiger partial charge in [-0.3, -0.25) is 0 Å². The van der Waals surface area contributed by atoms with Gasteiger partial charge in [-0.1, -0.05) is 29.8 Å². The van der Waals surface area contributed by atoms with Gasteiger partial charge in [0.15, 0.2) is 0 Å². The Morgan fingerprint density at radius 2 is 1.84 bits per heavy atom. The van der Waals surface area contributed by atoms with Crippen molar-refractivity contribution < 1.29 is 4.74 Å². The minimum absolute atomic E-state index is 0.286. The van der Waals surface area contributed by atoms with E-state index < -0.39 is 0 Å². The molecule has 0 bridgehead atoms. The van der Waals surface area contributed by atoms with Crippen LogP contribution in [0.5, 0.6) is 11.6 Å². The van der Waals surface area contributed by atoms with Crippen molar-refractivity contribution in [3.63, 3.8) is 0 Å². The van der Waals surface area contributed by atoms with Gasteiger partial charge in [-0.2, -0.15) is 4.98 Å². The Hall–Kier alpha value is -1.42. The van der Waals surface area contributed by atoms with Crippen LogP contribution in [0.25, 0.3) is 0 Å². The third-order valence-electron chi connectivity index (χ3n) is 2.72. The fourth-order valence-electron chi connectivity index (χ4n) is 1.67. The predicted octanol–water partition coefficient (Wildman–Crippen LogP) is 4.77. The Bertz CT molecular complexity index is 597. The van der Waals surface area contributed by atoms with Gasteiger partial charge in [0.25, 0.3) is 0 Å². The van der Waals surface area contributed by atoms with Crippen LogP contribution in [-0.2, 0) is 0 Å². The molecule has 0 N–H and O–H groups in total. The Balaban J connectivity index is 2.29. The third kappa shape index (κ3) is 3.53. The number of ether oxygens (including phenoxy) is 1. The Morgan fingerprint density at radius 1 is 1.11 bits per heavy atom. The summed E-state index contributed by atoms with van der Waals surface area (Å²) in [7, 11) is 0. The van der Waals surface area contributed by atoms with Crippen molar-refractivity contribution in [1.82, 2.24) is 9.97 Å². The highest BCUT2D eigenvalue weighted by Crippen LogP contribution is 2.26. The first kappa shape index (κ1) is 14.0. The summed E-state index contributed by atoms with van der Waals surface area (Å²) in [5.41, 5.74) is 2.05. The van der Waals surface area contributed by atoms with Crippen LogP contribution in [0, 0.1) is 13.8 Å². The Kier molecular flexibility index (Phi) is 4.20. The minimum atomic E-state index is 0.286. The minimum Gasteiger partial charge on any atom is -0.439 e. The third-order valence-corrected chi connectivity index (χ3v) is 3.61. The molecule has 0 spiro atoms. The monoisotopic (exact) mass is 320 g/mol. The molecule has 19 heavy (non-hydrogen) atoms. The van der Waals surface area contributed by atoms with Crippen LogP contribution in [0.15, 0.2) is 28.7 Å². The smallest absolute Gasteiger partial charge is 0.222 e. The number of hydrogen-bond donors (Lipinski definition) is 0. The molecule has 1 aromatic heterocycles. The van der Waals surface area contributed by atoms with Gasteiger partial charge in [0.2, 0.25) is 5.88 Å². The average Bonchev–Trinajstić information content (AvgIpc) is 2.33. The molecule has 1 aromatic carbocycles. The van der Waals surface area contributed by atoms with Gasteiger partial charge < -0.3 is 4.74 Å². The topological polar surface area (TPSA) is 35.0 Å². The van der Waals surface area contributed by atoms with Crippen molar-refractivity contribution in [3.05, 3.63) is 45.8 Å². The van der Waals surface area contributed by atoms with E-state index in [0.717, 1.165) is 27.3 Å². The molecule has 0 atom stereocenters. The molecule has 0 radical (unpaired) electrons. The first-order valence-electron chi connectivity index (χ1n) is 6.25. The van der Waals surface area contributed by atoms with Crippen LogP contribution in [0.3, 0.4) is 0 Å². The first-order valence-corrected chi connectivity index (χ1v) is 7.04. The molecule has 2 aromatic rings. The van der Waals surface area contributed by atoms with E-state index in [1.165, 1.54) is 0 Å².